The van der Waals surface area contributed by atoms with Gasteiger partial charge in [-0.15, -0.1) is 0 Å². The monoisotopic (exact) mass is 296 g/mol. The Labute approximate surface area is 132 Å². The molecule has 2 heteroatoms. The standard InChI is InChI=1S/C18H30O.H2S/c1-2-3-4-5-6-7-8-9-10-11-12-17-13-15-18(19)16-14-17;/h13-16,19H,2-12H2,1H3;1H2. The van der Waals surface area contributed by atoms with Gasteiger partial charge in [-0.25, -0.2) is 0 Å². The molecule has 1 aromatic carbocycles. The summed E-state index contributed by atoms with van der Waals surface area (Å²) < 4.78 is 0. The lowest BCUT2D eigenvalue weighted by atomic mass is 10.0. The maximum Gasteiger partial charge on any atom is 0.115 e. The predicted molar refractivity (Wildman–Crippen MR) is 94.0 cm³/mol. The molecule has 0 aliphatic carbocycles. The molecule has 0 saturated carbocycles. The van der Waals surface area contributed by atoms with Gasteiger partial charge in [-0.2, -0.15) is 13.5 Å². The number of rotatable bonds is 11. The zero-order valence-electron chi connectivity index (χ0n) is 13.0. The molecular weight excluding hydrogens is 264 g/mol. The number of hydrogen-bond acceptors (Lipinski definition) is 1. The second kappa shape index (κ2) is 13.4. The number of aryl methyl sites for hydroxylation is 1. The van der Waals surface area contributed by atoms with Crippen molar-refractivity contribution in [2.45, 2.75) is 77.6 Å². The van der Waals surface area contributed by atoms with Gasteiger partial charge in [-0.05, 0) is 30.5 Å². The largest absolute Gasteiger partial charge is 0.508 e. The first-order valence-corrected chi connectivity index (χ1v) is 8.11. The van der Waals surface area contributed by atoms with Crippen LogP contribution in [0.3, 0.4) is 0 Å². The first kappa shape index (κ1) is 19.4. The number of benzene rings is 1. The summed E-state index contributed by atoms with van der Waals surface area (Å²) >= 11 is 0. The quantitative estimate of drug-likeness (QED) is 0.499. The van der Waals surface area contributed by atoms with E-state index in [2.05, 4.69) is 6.92 Å². The summed E-state index contributed by atoms with van der Waals surface area (Å²) in [5.41, 5.74) is 1.34. The minimum Gasteiger partial charge on any atom is -0.508 e. The molecule has 0 amide bonds. The Kier molecular flexibility index (Phi) is 12.9. The van der Waals surface area contributed by atoms with Crippen molar-refractivity contribution in [2.75, 3.05) is 0 Å². The molecule has 0 fully saturated rings. The lowest BCUT2D eigenvalue weighted by molar-refractivity contribution is 0.475. The maximum atomic E-state index is 9.20. The van der Waals surface area contributed by atoms with Crippen LogP contribution in [-0.2, 0) is 6.42 Å². The smallest absolute Gasteiger partial charge is 0.115 e. The van der Waals surface area contributed by atoms with E-state index in [4.69, 9.17) is 0 Å². The Morgan fingerprint density at radius 3 is 1.65 bits per heavy atom. The Morgan fingerprint density at radius 2 is 1.15 bits per heavy atom. The van der Waals surface area contributed by atoms with E-state index in [-0.39, 0.29) is 13.5 Å². The van der Waals surface area contributed by atoms with E-state index >= 15 is 0 Å². The third-order valence-electron chi connectivity index (χ3n) is 3.76. The fraction of sp³-hybridized carbons (Fsp3) is 0.667. The molecule has 0 aliphatic heterocycles. The highest BCUT2D eigenvalue weighted by atomic mass is 32.1. The van der Waals surface area contributed by atoms with Gasteiger partial charge in [0.1, 0.15) is 5.75 Å². The average molecular weight is 297 g/mol. The van der Waals surface area contributed by atoms with E-state index in [1.165, 1.54) is 69.8 Å². The second-order valence-corrected chi connectivity index (χ2v) is 5.60. The van der Waals surface area contributed by atoms with Crippen LogP contribution in [0.25, 0.3) is 0 Å². The molecule has 0 radical (unpaired) electrons. The van der Waals surface area contributed by atoms with Crippen LogP contribution >= 0.6 is 13.5 Å². The molecule has 1 rings (SSSR count). The van der Waals surface area contributed by atoms with E-state index in [0.29, 0.717) is 5.75 Å². The van der Waals surface area contributed by atoms with Crippen molar-refractivity contribution in [1.29, 1.82) is 0 Å². The molecule has 0 aromatic heterocycles. The number of phenolic OH excluding ortho intramolecular Hbond substituents is 1. The van der Waals surface area contributed by atoms with E-state index in [1.807, 2.05) is 12.1 Å². The Morgan fingerprint density at radius 1 is 0.700 bits per heavy atom. The molecule has 0 unspecified atom stereocenters. The van der Waals surface area contributed by atoms with Gasteiger partial charge in [-0.3, -0.25) is 0 Å². The number of hydrogen-bond donors (Lipinski definition) is 1. The predicted octanol–water partition coefficient (Wildman–Crippen LogP) is 5.97. The van der Waals surface area contributed by atoms with Gasteiger partial charge >= 0.3 is 0 Å². The summed E-state index contributed by atoms with van der Waals surface area (Å²) in [7, 11) is 0. The van der Waals surface area contributed by atoms with Gasteiger partial charge in [0.25, 0.3) is 0 Å². The van der Waals surface area contributed by atoms with E-state index in [0.717, 1.165) is 6.42 Å². The number of phenols is 1. The Balaban J connectivity index is 0.00000361. The van der Waals surface area contributed by atoms with Crippen LogP contribution in [0, 0.1) is 0 Å². The molecule has 0 saturated heterocycles. The molecule has 0 heterocycles. The molecule has 1 N–H and O–H groups in total. The highest BCUT2D eigenvalue weighted by Gasteiger charge is 1.95. The lowest BCUT2D eigenvalue weighted by Crippen LogP contribution is -1.86. The molecule has 0 spiro atoms. The Hall–Kier alpha value is -0.630. The van der Waals surface area contributed by atoms with Gasteiger partial charge < -0.3 is 5.11 Å². The normalized spacial score (nSPS) is 10.2. The maximum absolute atomic E-state index is 9.20. The first-order chi connectivity index (χ1) is 9.33. The average Bonchev–Trinajstić information content (AvgIpc) is 2.43. The van der Waals surface area contributed by atoms with Crippen molar-refractivity contribution in [3.05, 3.63) is 29.8 Å². The van der Waals surface area contributed by atoms with Crippen molar-refractivity contribution in [2.24, 2.45) is 0 Å². The number of unbranched alkanes of at least 4 members (excludes halogenated alkanes) is 9. The van der Waals surface area contributed by atoms with Crippen LogP contribution < -0.4 is 0 Å². The SMILES string of the molecule is CCCCCCCCCCCCc1ccc(O)cc1.S. The van der Waals surface area contributed by atoms with Crippen molar-refractivity contribution < 1.29 is 5.11 Å². The summed E-state index contributed by atoms with van der Waals surface area (Å²) in [6.45, 7) is 2.27. The van der Waals surface area contributed by atoms with Crippen molar-refractivity contribution >= 4 is 13.5 Å². The minimum absolute atomic E-state index is 0. The van der Waals surface area contributed by atoms with Gasteiger partial charge in [0.05, 0.1) is 0 Å². The molecule has 116 valence electrons. The highest BCUT2D eigenvalue weighted by molar-refractivity contribution is 7.59. The zero-order valence-corrected chi connectivity index (χ0v) is 14.0. The minimum atomic E-state index is 0. The molecule has 1 nitrogen and oxygen atoms in total. The van der Waals surface area contributed by atoms with Gasteiger partial charge in [0.2, 0.25) is 0 Å². The van der Waals surface area contributed by atoms with Crippen LogP contribution in [0.4, 0.5) is 0 Å². The highest BCUT2D eigenvalue weighted by Crippen LogP contribution is 2.14. The summed E-state index contributed by atoms with van der Waals surface area (Å²) in [4.78, 5) is 0. The first-order valence-electron chi connectivity index (χ1n) is 8.11. The third kappa shape index (κ3) is 10.2. The second-order valence-electron chi connectivity index (χ2n) is 5.60. The molecule has 0 atom stereocenters. The summed E-state index contributed by atoms with van der Waals surface area (Å²) in [5, 5.41) is 9.20. The molecule has 1 aromatic rings. The van der Waals surface area contributed by atoms with Crippen LogP contribution in [0.15, 0.2) is 24.3 Å². The van der Waals surface area contributed by atoms with E-state index in [1.54, 1.807) is 12.1 Å². The van der Waals surface area contributed by atoms with Crippen LogP contribution in [-0.4, -0.2) is 5.11 Å². The topological polar surface area (TPSA) is 20.2 Å². The Bertz CT molecular complexity index is 308. The van der Waals surface area contributed by atoms with E-state index < -0.39 is 0 Å². The summed E-state index contributed by atoms with van der Waals surface area (Å²) in [6, 6.07) is 7.63. The molecule has 20 heavy (non-hydrogen) atoms. The molecule has 0 aliphatic rings. The van der Waals surface area contributed by atoms with Gasteiger partial charge in [0, 0.05) is 0 Å². The van der Waals surface area contributed by atoms with Crippen LogP contribution in [0.5, 0.6) is 5.75 Å². The lowest BCUT2D eigenvalue weighted by Gasteiger charge is -2.03. The van der Waals surface area contributed by atoms with Gasteiger partial charge in [-0.1, -0.05) is 76.8 Å². The van der Waals surface area contributed by atoms with Crippen molar-refractivity contribution in [3.8, 4) is 5.75 Å². The number of aromatic hydroxyl groups is 1. The third-order valence-corrected chi connectivity index (χ3v) is 3.76. The summed E-state index contributed by atoms with van der Waals surface area (Å²) in [6.07, 6.45) is 15.0. The fourth-order valence-corrected chi connectivity index (χ4v) is 2.48. The van der Waals surface area contributed by atoms with Crippen molar-refractivity contribution in [1.82, 2.24) is 0 Å². The van der Waals surface area contributed by atoms with Gasteiger partial charge in [0.15, 0.2) is 0 Å². The van der Waals surface area contributed by atoms with Crippen molar-refractivity contribution in [3.63, 3.8) is 0 Å². The molecule has 0 bridgehead atoms. The van der Waals surface area contributed by atoms with Crippen LogP contribution in [0.1, 0.15) is 76.7 Å². The zero-order chi connectivity index (χ0) is 13.8. The van der Waals surface area contributed by atoms with Crippen LogP contribution in [0.2, 0.25) is 0 Å². The van der Waals surface area contributed by atoms with E-state index in [9.17, 15) is 5.11 Å². The molecular formula is C18H32OS. The fourth-order valence-electron chi connectivity index (χ4n) is 2.48. The summed E-state index contributed by atoms with van der Waals surface area (Å²) in [5.74, 6) is 0.367.